The third-order valence-corrected chi connectivity index (χ3v) is 3.44. The molecular weight excluding hydrogens is 266 g/mol. The molecule has 1 aromatic rings. The van der Waals surface area contributed by atoms with Gasteiger partial charge in [-0.1, -0.05) is 6.92 Å². The Kier molecular flexibility index (Phi) is 4.83. The van der Waals surface area contributed by atoms with Gasteiger partial charge >= 0.3 is 0 Å². The summed E-state index contributed by atoms with van der Waals surface area (Å²) in [4.78, 5) is 19.0. The highest BCUT2D eigenvalue weighted by atomic mass is 16.5. The fourth-order valence-electron chi connectivity index (χ4n) is 2.74. The summed E-state index contributed by atoms with van der Waals surface area (Å²) in [6.45, 7) is 10.1. The molecule has 116 valence electrons. The van der Waals surface area contributed by atoms with Crippen molar-refractivity contribution in [2.75, 3.05) is 25.0 Å². The van der Waals surface area contributed by atoms with Crippen LogP contribution in [-0.2, 0) is 4.74 Å². The first-order valence-electron chi connectivity index (χ1n) is 7.59. The Bertz CT molecular complexity index is 502. The van der Waals surface area contributed by atoms with Crippen LogP contribution in [0.25, 0.3) is 0 Å². The molecule has 1 fully saturated rings. The van der Waals surface area contributed by atoms with E-state index in [1.165, 1.54) is 0 Å². The third-order valence-electron chi connectivity index (χ3n) is 3.44. The molecule has 0 saturated carbocycles. The molecule has 0 aliphatic carbocycles. The van der Waals surface area contributed by atoms with Crippen LogP contribution in [0.2, 0.25) is 0 Å². The van der Waals surface area contributed by atoms with Gasteiger partial charge in [-0.2, -0.15) is 0 Å². The molecule has 1 N–H and O–H groups in total. The number of carbonyl (C=O) groups excluding carboxylic acids is 1. The lowest BCUT2D eigenvalue weighted by Crippen LogP contribution is -2.53. The highest BCUT2D eigenvalue weighted by molar-refractivity contribution is 5.98. The number of rotatable bonds is 4. The molecule has 0 aromatic carbocycles. The predicted molar refractivity (Wildman–Crippen MR) is 83.5 cm³/mol. The van der Waals surface area contributed by atoms with Gasteiger partial charge < -0.3 is 15.0 Å². The number of nitrogens with one attached hydrogen (secondary N) is 1. The Balaban J connectivity index is 2.19. The summed E-state index contributed by atoms with van der Waals surface area (Å²) in [5.74, 6) is 0.686. The second-order valence-corrected chi connectivity index (χ2v) is 6.20. The normalized spacial score (nSPS) is 21.1. The van der Waals surface area contributed by atoms with Crippen LogP contribution in [0.4, 0.5) is 5.82 Å². The van der Waals surface area contributed by atoms with Crippen LogP contribution < -0.4 is 5.32 Å². The first-order chi connectivity index (χ1) is 9.93. The van der Waals surface area contributed by atoms with Crippen LogP contribution in [0.15, 0.2) is 18.3 Å². The fraction of sp³-hybridized carbons (Fsp3) is 0.625. The second kappa shape index (κ2) is 6.43. The molecule has 0 radical (unpaired) electrons. The van der Waals surface area contributed by atoms with E-state index in [1.54, 1.807) is 12.3 Å². The van der Waals surface area contributed by atoms with Gasteiger partial charge in [0.15, 0.2) is 0 Å². The average molecular weight is 291 g/mol. The van der Waals surface area contributed by atoms with Crippen molar-refractivity contribution < 1.29 is 9.53 Å². The minimum Gasteiger partial charge on any atom is -0.369 e. The maximum absolute atomic E-state index is 12.8. The summed E-state index contributed by atoms with van der Waals surface area (Å²) in [6.07, 6.45) is 2.74. The summed E-state index contributed by atoms with van der Waals surface area (Å²) in [7, 11) is 0. The number of aromatic nitrogens is 1. The number of anilines is 1. The third kappa shape index (κ3) is 3.94. The molecule has 1 saturated heterocycles. The average Bonchev–Trinajstić information content (AvgIpc) is 2.42. The molecule has 0 bridgehead atoms. The molecular formula is C16H25N3O2. The van der Waals surface area contributed by atoms with Crippen LogP contribution in [0.1, 0.15) is 44.5 Å². The van der Waals surface area contributed by atoms with Crippen molar-refractivity contribution in [2.24, 2.45) is 0 Å². The number of ether oxygens (including phenoxy) is 1. The lowest BCUT2D eigenvalue weighted by Gasteiger charge is -2.41. The van der Waals surface area contributed by atoms with E-state index in [2.05, 4.69) is 17.2 Å². The van der Waals surface area contributed by atoms with E-state index in [9.17, 15) is 4.79 Å². The van der Waals surface area contributed by atoms with Crippen molar-refractivity contribution in [3.63, 3.8) is 0 Å². The Labute approximate surface area is 126 Å². The SMILES string of the molecule is CCCNc1ncccc1C(=O)N1CC(C)OC(C)(C)C1. The molecule has 2 heterocycles. The first-order valence-corrected chi connectivity index (χ1v) is 7.59. The standard InChI is InChI=1S/C16H25N3O2/c1-5-8-17-14-13(7-6-9-18-14)15(20)19-10-12(2)21-16(3,4)11-19/h6-7,9,12H,5,8,10-11H2,1-4H3,(H,17,18). The van der Waals surface area contributed by atoms with E-state index in [-0.39, 0.29) is 17.6 Å². The maximum Gasteiger partial charge on any atom is 0.257 e. The van der Waals surface area contributed by atoms with Gasteiger partial charge in [0.05, 0.1) is 17.3 Å². The minimum absolute atomic E-state index is 0.0185. The van der Waals surface area contributed by atoms with Crippen LogP contribution >= 0.6 is 0 Å². The van der Waals surface area contributed by atoms with Gasteiger partial charge in [0.25, 0.3) is 5.91 Å². The van der Waals surface area contributed by atoms with Gasteiger partial charge in [0.2, 0.25) is 0 Å². The van der Waals surface area contributed by atoms with Crippen molar-refractivity contribution in [1.29, 1.82) is 0 Å². The molecule has 1 unspecified atom stereocenters. The lowest BCUT2D eigenvalue weighted by atomic mass is 10.0. The number of nitrogens with zero attached hydrogens (tertiary/aromatic N) is 2. The number of hydrogen-bond donors (Lipinski definition) is 1. The summed E-state index contributed by atoms with van der Waals surface area (Å²) < 4.78 is 5.86. The Morgan fingerprint density at radius 1 is 1.57 bits per heavy atom. The summed E-state index contributed by atoms with van der Waals surface area (Å²) in [5.41, 5.74) is 0.322. The van der Waals surface area contributed by atoms with Gasteiger partial charge in [-0.05, 0) is 39.3 Å². The monoisotopic (exact) mass is 291 g/mol. The quantitative estimate of drug-likeness (QED) is 0.926. The molecule has 1 atom stereocenters. The van der Waals surface area contributed by atoms with E-state index < -0.39 is 0 Å². The highest BCUT2D eigenvalue weighted by Crippen LogP contribution is 2.23. The van der Waals surface area contributed by atoms with Crippen molar-refractivity contribution >= 4 is 11.7 Å². The number of carbonyl (C=O) groups is 1. The first kappa shape index (κ1) is 15.8. The zero-order valence-corrected chi connectivity index (χ0v) is 13.3. The van der Waals surface area contributed by atoms with Gasteiger partial charge in [-0.25, -0.2) is 4.98 Å². The lowest BCUT2D eigenvalue weighted by molar-refractivity contribution is -0.118. The minimum atomic E-state index is -0.313. The van der Waals surface area contributed by atoms with Crippen molar-refractivity contribution in [3.05, 3.63) is 23.9 Å². The topological polar surface area (TPSA) is 54.5 Å². The molecule has 1 amide bonds. The highest BCUT2D eigenvalue weighted by Gasteiger charge is 2.34. The predicted octanol–water partition coefficient (Wildman–Crippen LogP) is 2.54. The van der Waals surface area contributed by atoms with Crippen LogP contribution in [0.5, 0.6) is 0 Å². The van der Waals surface area contributed by atoms with Gasteiger partial charge in [-0.3, -0.25) is 4.79 Å². The molecule has 21 heavy (non-hydrogen) atoms. The Morgan fingerprint density at radius 2 is 2.33 bits per heavy atom. The van der Waals surface area contributed by atoms with Gasteiger partial charge in [0.1, 0.15) is 5.82 Å². The van der Waals surface area contributed by atoms with Crippen LogP contribution in [-0.4, -0.2) is 47.1 Å². The smallest absolute Gasteiger partial charge is 0.257 e. The zero-order chi connectivity index (χ0) is 15.5. The molecule has 1 aliphatic rings. The van der Waals surface area contributed by atoms with Crippen molar-refractivity contribution in [2.45, 2.75) is 45.8 Å². The largest absolute Gasteiger partial charge is 0.369 e. The van der Waals surface area contributed by atoms with E-state index in [4.69, 9.17) is 4.74 Å². The van der Waals surface area contributed by atoms with E-state index in [0.29, 0.717) is 24.5 Å². The molecule has 5 nitrogen and oxygen atoms in total. The van der Waals surface area contributed by atoms with E-state index >= 15 is 0 Å². The Morgan fingerprint density at radius 3 is 3.00 bits per heavy atom. The summed E-state index contributed by atoms with van der Waals surface area (Å²) in [6, 6.07) is 3.64. The molecule has 5 heteroatoms. The molecule has 1 aromatic heterocycles. The van der Waals surface area contributed by atoms with E-state index in [1.807, 2.05) is 31.7 Å². The van der Waals surface area contributed by atoms with E-state index in [0.717, 1.165) is 13.0 Å². The molecule has 2 rings (SSSR count). The number of hydrogen-bond acceptors (Lipinski definition) is 4. The van der Waals surface area contributed by atoms with Crippen LogP contribution in [0.3, 0.4) is 0 Å². The number of pyridine rings is 1. The number of amides is 1. The van der Waals surface area contributed by atoms with Crippen molar-refractivity contribution in [3.8, 4) is 0 Å². The zero-order valence-electron chi connectivity index (χ0n) is 13.3. The van der Waals surface area contributed by atoms with Gasteiger partial charge in [0, 0.05) is 25.8 Å². The molecule has 1 aliphatic heterocycles. The second-order valence-electron chi connectivity index (χ2n) is 6.20. The maximum atomic E-state index is 12.8. The summed E-state index contributed by atoms with van der Waals surface area (Å²) in [5, 5.41) is 3.23. The Hall–Kier alpha value is -1.62. The fourth-order valence-corrected chi connectivity index (χ4v) is 2.74. The van der Waals surface area contributed by atoms with Gasteiger partial charge in [-0.15, -0.1) is 0 Å². The molecule has 0 spiro atoms. The summed E-state index contributed by atoms with van der Waals surface area (Å²) >= 11 is 0. The number of morpholine rings is 1. The van der Waals surface area contributed by atoms with Crippen LogP contribution in [0, 0.1) is 0 Å². The van der Waals surface area contributed by atoms with Crippen molar-refractivity contribution in [1.82, 2.24) is 9.88 Å².